The van der Waals surface area contributed by atoms with Gasteiger partial charge in [0.25, 0.3) is 11.8 Å². The average molecular weight is 626 g/mol. The zero-order valence-electron chi connectivity index (χ0n) is 21.1. The summed E-state index contributed by atoms with van der Waals surface area (Å²) in [6.45, 7) is 0.354. The van der Waals surface area contributed by atoms with E-state index in [4.69, 9.17) is 4.74 Å². The Hall–Kier alpha value is -2.84. The Kier molecular flexibility index (Phi) is 10.4. The zero-order chi connectivity index (χ0) is 27.9. The minimum atomic E-state index is -4.00. The second-order valence-corrected chi connectivity index (χ2v) is 12.8. The molecule has 0 unspecified atom stereocenters. The first-order chi connectivity index (χ1) is 18.0. The maximum absolute atomic E-state index is 13.4. The largest absolute Gasteiger partial charge is 0.497 e. The van der Waals surface area contributed by atoms with Crippen molar-refractivity contribution in [1.82, 2.24) is 18.9 Å². The van der Waals surface area contributed by atoms with Gasteiger partial charge in [-0.25, -0.2) is 9.71 Å². The highest BCUT2D eigenvalue weighted by Gasteiger charge is 2.27. The number of methoxy groups -OCH3 is 1. The quantitative estimate of drug-likeness (QED) is 0.317. The number of halogens is 1. The highest BCUT2D eigenvalue weighted by atomic mass is 79.9. The molecule has 0 radical (unpaired) electrons. The van der Waals surface area contributed by atoms with Crippen LogP contribution in [0, 0.1) is 0 Å². The first-order valence-corrected chi connectivity index (χ1v) is 14.6. The number of aryl methyl sites for hydroxylation is 1. The third kappa shape index (κ3) is 7.84. The summed E-state index contributed by atoms with van der Waals surface area (Å²) in [4.78, 5) is 31.7. The van der Waals surface area contributed by atoms with Gasteiger partial charge in [-0.3, -0.25) is 9.59 Å². The van der Waals surface area contributed by atoms with Crippen molar-refractivity contribution in [3.63, 3.8) is 0 Å². The van der Waals surface area contributed by atoms with Gasteiger partial charge >= 0.3 is 10.2 Å². The summed E-state index contributed by atoms with van der Waals surface area (Å²) in [6, 6.07) is 16.4. The van der Waals surface area contributed by atoms with Crippen LogP contribution in [0.1, 0.15) is 39.1 Å². The molecule has 2 aromatic carbocycles. The lowest BCUT2D eigenvalue weighted by Crippen LogP contribution is -2.39. The number of aliphatic hydroxyl groups is 1. The van der Waals surface area contributed by atoms with E-state index in [1.165, 1.54) is 26.1 Å². The van der Waals surface area contributed by atoms with Crippen molar-refractivity contribution in [2.24, 2.45) is 0 Å². The average Bonchev–Trinajstić information content (AvgIpc) is 3.27. The van der Waals surface area contributed by atoms with E-state index in [0.717, 1.165) is 27.6 Å². The number of ether oxygens (including phenoxy) is 1. The summed E-state index contributed by atoms with van der Waals surface area (Å²) in [5.41, 5.74) is 1.43. The van der Waals surface area contributed by atoms with E-state index in [1.807, 2.05) is 35.1 Å². The zero-order valence-corrected chi connectivity index (χ0v) is 24.3. The molecule has 0 saturated heterocycles. The number of amides is 2. The Morgan fingerprint density at radius 2 is 1.79 bits per heavy atom. The molecule has 1 aromatic heterocycles. The number of nitrogens with zero attached hydrogens (tertiary/aromatic N) is 3. The van der Waals surface area contributed by atoms with Crippen LogP contribution in [0.25, 0.3) is 0 Å². The van der Waals surface area contributed by atoms with Crippen LogP contribution in [0.2, 0.25) is 0 Å². The molecule has 3 rings (SSSR count). The summed E-state index contributed by atoms with van der Waals surface area (Å²) in [7, 11) is 0.117. The number of carbonyl (C=O) groups is 2. The van der Waals surface area contributed by atoms with Gasteiger partial charge in [-0.05, 0) is 52.0 Å². The molecule has 0 saturated carbocycles. The summed E-state index contributed by atoms with van der Waals surface area (Å²) >= 11 is 4.38. The van der Waals surface area contributed by atoms with Crippen molar-refractivity contribution >= 4 is 49.3 Å². The second kappa shape index (κ2) is 13.3. The molecule has 0 fully saturated rings. The van der Waals surface area contributed by atoms with Gasteiger partial charge in [0.05, 0.1) is 13.7 Å². The number of carbonyl (C=O) groups excluding carboxylic acids is 2. The fraction of sp³-hybridized carbons (Fsp3) is 0.320. The number of benzene rings is 2. The molecule has 0 aliphatic heterocycles. The third-order valence-corrected chi connectivity index (χ3v) is 8.68. The lowest BCUT2D eigenvalue weighted by atomic mass is 10.1. The number of aliphatic hydroxyl groups excluding tert-OH is 1. The molecule has 0 bridgehead atoms. The highest BCUT2D eigenvalue weighted by Crippen LogP contribution is 2.27. The van der Waals surface area contributed by atoms with Crippen molar-refractivity contribution < 1.29 is 27.9 Å². The van der Waals surface area contributed by atoms with Gasteiger partial charge in [0.1, 0.15) is 14.5 Å². The summed E-state index contributed by atoms with van der Waals surface area (Å²) in [5, 5.41) is 11.3. The summed E-state index contributed by atoms with van der Waals surface area (Å²) in [5.74, 6) is -0.813. The number of rotatable bonds is 12. The van der Waals surface area contributed by atoms with Crippen molar-refractivity contribution in [2.45, 2.75) is 25.5 Å². The Morgan fingerprint density at radius 1 is 1.13 bits per heavy atom. The van der Waals surface area contributed by atoms with Gasteiger partial charge in [-0.15, -0.1) is 11.3 Å². The Bertz CT molecular complexity index is 1350. The molecular weight excluding hydrogens is 596 g/mol. The number of aromatic nitrogens is 1. The monoisotopic (exact) mass is 624 g/mol. The maximum Gasteiger partial charge on any atom is 0.303 e. The number of hydrogen-bond donors (Lipinski definition) is 2. The number of hydrogen-bond acceptors (Lipinski definition) is 8. The van der Waals surface area contributed by atoms with E-state index in [1.54, 1.807) is 24.3 Å². The summed E-state index contributed by atoms with van der Waals surface area (Å²) in [6.07, 6.45) is -0.0542. The van der Waals surface area contributed by atoms with Gasteiger partial charge in [-0.1, -0.05) is 42.5 Å². The third-order valence-electron chi connectivity index (χ3n) is 5.59. The summed E-state index contributed by atoms with van der Waals surface area (Å²) < 4.78 is 32.4. The molecule has 0 spiro atoms. The topological polar surface area (TPSA) is 129 Å². The van der Waals surface area contributed by atoms with Gasteiger partial charge in [0, 0.05) is 20.6 Å². The van der Waals surface area contributed by atoms with Crippen molar-refractivity contribution in [3.8, 4) is 5.75 Å². The fourth-order valence-corrected chi connectivity index (χ4v) is 5.60. The Labute approximate surface area is 234 Å². The van der Waals surface area contributed by atoms with Crippen LogP contribution >= 0.6 is 27.3 Å². The number of nitrogens with one attached hydrogen (secondary N) is 1. The van der Waals surface area contributed by atoms with E-state index in [9.17, 15) is 23.1 Å². The predicted molar refractivity (Wildman–Crippen MR) is 148 cm³/mol. The van der Waals surface area contributed by atoms with Gasteiger partial charge in [0.15, 0.2) is 11.8 Å². The minimum Gasteiger partial charge on any atom is -0.497 e. The first kappa shape index (κ1) is 29.7. The second-order valence-electron chi connectivity index (χ2n) is 8.47. The molecule has 0 aliphatic rings. The van der Waals surface area contributed by atoms with E-state index in [2.05, 4.69) is 20.9 Å². The molecular formula is C25H29BrN4O6S2. The molecule has 2 amide bonds. The Balaban J connectivity index is 1.80. The van der Waals surface area contributed by atoms with Crippen molar-refractivity contribution in [3.05, 3.63) is 80.2 Å². The van der Waals surface area contributed by atoms with E-state index < -0.39 is 28.1 Å². The standard InChI is InChI=1S/C25H29BrN4O6S2/c1-29(2)38(34,35)28-24(32)21-23(26)37-20(27-21)16-30(15-7-10-17-8-5-4-6-9-17)25(33)22(31)18-11-13-19(36-3)14-12-18/h4-6,8-9,11-14,22,31H,7,10,15-16H2,1-3H3,(H,28,32)/t22-/m1/s1. The smallest absolute Gasteiger partial charge is 0.303 e. The lowest BCUT2D eigenvalue weighted by Gasteiger charge is -2.25. The molecule has 1 heterocycles. The highest BCUT2D eigenvalue weighted by molar-refractivity contribution is 9.11. The van der Waals surface area contributed by atoms with Crippen LogP contribution in [0.5, 0.6) is 5.75 Å². The van der Waals surface area contributed by atoms with Crippen LogP contribution in [0.3, 0.4) is 0 Å². The van der Waals surface area contributed by atoms with Crippen LogP contribution < -0.4 is 9.46 Å². The van der Waals surface area contributed by atoms with Crippen molar-refractivity contribution in [2.75, 3.05) is 27.7 Å². The SMILES string of the molecule is COc1ccc([C@@H](O)C(=O)N(CCCc2ccccc2)Cc2nc(C(=O)NS(=O)(=O)N(C)C)c(Br)s2)cc1. The molecule has 2 N–H and O–H groups in total. The molecule has 204 valence electrons. The number of thiazole rings is 1. The van der Waals surface area contributed by atoms with Crippen LogP contribution in [-0.4, -0.2) is 67.3 Å². The van der Waals surface area contributed by atoms with Crippen LogP contribution in [-0.2, 0) is 28.0 Å². The predicted octanol–water partition coefficient (Wildman–Crippen LogP) is 3.15. The van der Waals surface area contributed by atoms with Gasteiger partial charge < -0.3 is 14.7 Å². The molecule has 3 aromatic rings. The van der Waals surface area contributed by atoms with Crippen LogP contribution in [0.4, 0.5) is 0 Å². The first-order valence-electron chi connectivity index (χ1n) is 11.6. The van der Waals surface area contributed by atoms with Gasteiger partial charge in [-0.2, -0.15) is 12.7 Å². The van der Waals surface area contributed by atoms with E-state index in [0.29, 0.717) is 33.1 Å². The lowest BCUT2D eigenvalue weighted by molar-refractivity contribution is -0.141. The van der Waals surface area contributed by atoms with Crippen LogP contribution in [0.15, 0.2) is 58.4 Å². The molecule has 1 atom stereocenters. The molecule has 13 heteroatoms. The normalized spacial score (nSPS) is 12.3. The maximum atomic E-state index is 13.4. The van der Waals surface area contributed by atoms with E-state index >= 15 is 0 Å². The van der Waals surface area contributed by atoms with Gasteiger partial charge in [0.2, 0.25) is 0 Å². The molecule has 10 nitrogen and oxygen atoms in total. The van der Waals surface area contributed by atoms with Crippen molar-refractivity contribution in [1.29, 1.82) is 0 Å². The Morgan fingerprint density at radius 3 is 2.39 bits per heavy atom. The van der Waals surface area contributed by atoms with E-state index in [-0.39, 0.29) is 12.2 Å². The molecule has 0 aliphatic carbocycles. The molecule has 38 heavy (non-hydrogen) atoms. The fourth-order valence-electron chi connectivity index (χ4n) is 3.46. The minimum absolute atomic E-state index is 0.0256.